The summed E-state index contributed by atoms with van der Waals surface area (Å²) in [4.78, 5) is 0. The Labute approximate surface area is 164 Å². The molecule has 1 aromatic carbocycles. The fourth-order valence-electron chi connectivity index (χ4n) is 5.23. The molecule has 146 valence electrons. The standard InChI is InChI=1S/C25H34FN/c26-25-17-15-24(16-18-25)23-13-11-21(12-14-23)5-2-1-4-20-7-9-22(10-8-20)6-3-19-27/h3,6,15-18,20-23H,1-2,4-5,7-14H2/t20-,21-,22-,23-. The second-order valence-electron chi connectivity index (χ2n) is 8.82. The van der Waals surface area contributed by atoms with Crippen LogP contribution in [0.1, 0.15) is 88.5 Å². The van der Waals surface area contributed by atoms with Gasteiger partial charge in [0.15, 0.2) is 0 Å². The molecule has 3 rings (SSSR count). The first-order chi connectivity index (χ1) is 13.2. The van der Waals surface area contributed by atoms with Gasteiger partial charge in [-0.3, -0.25) is 0 Å². The number of allylic oxidation sites excluding steroid dienone is 2. The number of nitriles is 1. The van der Waals surface area contributed by atoms with Gasteiger partial charge in [-0.2, -0.15) is 5.26 Å². The molecule has 0 radical (unpaired) electrons. The Morgan fingerprint density at radius 2 is 1.41 bits per heavy atom. The topological polar surface area (TPSA) is 23.8 Å². The minimum Gasteiger partial charge on any atom is -0.207 e. The molecule has 1 aromatic rings. The van der Waals surface area contributed by atoms with Crippen LogP contribution < -0.4 is 0 Å². The Bertz CT molecular complexity index is 611. The predicted octanol–water partition coefficient (Wildman–Crippen LogP) is 7.55. The molecule has 0 N–H and O–H groups in total. The minimum absolute atomic E-state index is 0.125. The van der Waals surface area contributed by atoms with E-state index in [1.807, 2.05) is 12.1 Å². The quantitative estimate of drug-likeness (QED) is 0.360. The highest BCUT2D eigenvalue weighted by molar-refractivity contribution is 5.20. The monoisotopic (exact) mass is 367 g/mol. The Kier molecular flexibility index (Phi) is 7.93. The van der Waals surface area contributed by atoms with Gasteiger partial charge < -0.3 is 0 Å². The van der Waals surface area contributed by atoms with Crippen molar-refractivity contribution in [1.82, 2.24) is 0 Å². The molecule has 2 aliphatic rings. The highest BCUT2D eigenvalue weighted by Crippen LogP contribution is 2.38. The molecule has 0 aliphatic heterocycles. The summed E-state index contributed by atoms with van der Waals surface area (Å²) >= 11 is 0. The highest BCUT2D eigenvalue weighted by Gasteiger charge is 2.23. The van der Waals surface area contributed by atoms with Gasteiger partial charge in [0.25, 0.3) is 0 Å². The Hall–Kier alpha value is -1.62. The maximum atomic E-state index is 13.1. The summed E-state index contributed by atoms with van der Waals surface area (Å²) in [5.74, 6) is 3.00. The summed E-state index contributed by atoms with van der Waals surface area (Å²) in [5, 5.41) is 8.63. The Morgan fingerprint density at radius 1 is 0.852 bits per heavy atom. The Morgan fingerprint density at radius 3 is 1.96 bits per heavy atom. The number of nitrogens with zero attached hydrogens (tertiary/aromatic N) is 1. The highest BCUT2D eigenvalue weighted by atomic mass is 19.1. The van der Waals surface area contributed by atoms with Crippen LogP contribution in [-0.2, 0) is 0 Å². The molecule has 27 heavy (non-hydrogen) atoms. The van der Waals surface area contributed by atoms with E-state index >= 15 is 0 Å². The van der Waals surface area contributed by atoms with E-state index in [9.17, 15) is 4.39 Å². The summed E-state index contributed by atoms with van der Waals surface area (Å²) in [6.45, 7) is 0. The van der Waals surface area contributed by atoms with Crippen molar-refractivity contribution in [2.24, 2.45) is 17.8 Å². The van der Waals surface area contributed by atoms with Gasteiger partial charge in [0.2, 0.25) is 0 Å². The van der Waals surface area contributed by atoms with Gasteiger partial charge in [-0.05, 0) is 92.7 Å². The third-order valence-electron chi connectivity index (χ3n) is 7.00. The molecule has 0 heterocycles. The van der Waals surface area contributed by atoms with Crippen LogP contribution in [0.4, 0.5) is 4.39 Å². The van der Waals surface area contributed by atoms with E-state index in [0.29, 0.717) is 11.8 Å². The molecule has 2 saturated carbocycles. The van der Waals surface area contributed by atoms with Crippen LogP contribution in [0.15, 0.2) is 36.4 Å². The number of hydrogen-bond donors (Lipinski definition) is 0. The predicted molar refractivity (Wildman–Crippen MR) is 110 cm³/mol. The molecule has 0 unspecified atom stereocenters. The van der Waals surface area contributed by atoms with Crippen molar-refractivity contribution in [2.45, 2.75) is 83.0 Å². The van der Waals surface area contributed by atoms with Crippen LogP contribution in [0.5, 0.6) is 0 Å². The van der Waals surface area contributed by atoms with Gasteiger partial charge in [0.05, 0.1) is 6.07 Å². The fraction of sp³-hybridized carbons (Fsp3) is 0.640. The molecular weight excluding hydrogens is 333 g/mol. The lowest BCUT2D eigenvalue weighted by molar-refractivity contribution is 0.273. The second kappa shape index (κ2) is 10.6. The number of unbranched alkanes of at least 4 members (excludes halogenated alkanes) is 1. The molecule has 0 spiro atoms. The molecule has 0 atom stereocenters. The fourth-order valence-corrected chi connectivity index (χ4v) is 5.23. The first-order valence-electron chi connectivity index (χ1n) is 11.1. The van der Waals surface area contributed by atoms with Crippen molar-refractivity contribution >= 4 is 0 Å². The molecule has 0 bridgehead atoms. The third kappa shape index (κ3) is 6.49. The summed E-state index contributed by atoms with van der Waals surface area (Å²) in [6, 6.07) is 9.28. The largest absolute Gasteiger partial charge is 0.207 e. The molecule has 0 saturated heterocycles. The van der Waals surface area contributed by atoms with Crippen LogP contribution in [-0.4, -0.2) is 0 Å². The average Bonchev–Trinajstić information content (AvgIpc) is 2.72. The molecule has 1 nitrogen and oxygen atoms in total. The van der Waals surface area contributed by atoms with Crippen molar-refractivity contribution in [3.8, 4) is 6.07 Å². The lowest BCUT2D eigenvalue weighted by atomic mass is 9.76. The summed E-state index contributed by atoms with van der Waals surface area (Å²) in [5.41, 5.74) is 1.33. The van der Waals surface area contributed by atoms with E-state index in [-0.39, 0.29) is 5.82 Å². The van der Waals surface area contributed by atoms with Gasteiger partial charge in [-0.1, -0.05) is 43.9 Å². The Balaban J connectivity index is 1.26. The number of halogens is 1. The minimum atomic E-state index is -0.125. The normalized spacial score (nSPS) is 28.9. The smallest absolute Gasteiger partial charge is 0.123 e. The van der Waals surface area contributed by atoms with Crippen LogP contribution in [0.3, 0.4) is 0 Å². The van der Waals surface area contributed by atoms with Crippen LogP contribution in [0.25, 0.3) is 0 Å². The zero-order chi connectivity index (χ0) is 18.9. The SMILES string of the molecule is N#CC=C[C@H]1CC[C@H](CCCC[C@H]2CC[C@H](c3ccc(F)cc3)CC2)CC1. The summed E-state index contributed by atoms with van der Waals surface area (Å²) in [6.07, 6.45) is 19.8. The third-order valence-corrected chi connectivity index (χ3v) is 7.00. The second-order valence-corrected chi connectivity index (χ2v) is 8.82. The van der Waals surface area contributed by atoms with Crippen molar-refractivity contribution in [3.05, 3.63) is 47.8 Å². The number of hydrogen-bond acceptors (Lipinski definition) is 1. The zero-order valence-electron chi connectivity index (χ0n) is 16.6. The molecule has 2 heteroatoms. The first kappa shape index (κ1) is 20.1. The van der Waals surface area contributed by atoms with E-state index < -0.39 is 0 Å². The molecule has 2 aliphatic carbocycles. The van der Waals surface area contributed by atoms with E-state index in [1.165, 1.54) is 82.6 Å². The van der Waals surface area contributed by atoms with Gasteiger partial charge in [-0.15, -0.1) is 0 Å². The maximum absolute atomic E-state index is 13.1. The van der Waals surface area contributed by atoms with E-state index in [1.54, 1.807) is 18.2 Å². The summed E-state index contributed by atoms with van der Waals surface area (Å²) in [7, 11) is 0. The van der Waals surface area contributed by atoms with Gasteiger partial charge in [-0.25, -0.2) is 4.39 Å². The van der Waals surface area contributed by atoms with Crippen LogP contribution >= 0.6 is 0 Å². The maximum Gasteiger partial charge on any atom is 0.123 e. The summed E-state index contributed by atoms with van der Waals surface area (Å²) < 4.78 is 13.1. The van der Waals surface area contributed by atoms with Gasteiger partial charge in [0.1, 0.15) is 5.82 Å². The van der Waals surface area contributed by atoms with Gasteiger partial charge >= 0.3 is 0 Å². The lowest BCUT2D eigenvalue weighted by Crippen LogP contribution is -2.14. The van der Waals surface area contributed by atoms with Crippen molar-refractivity contribution in [2.75, 3.05) is 0 Å². The van der Waals surface area contributed by atoms with Crippen LogP contribution in [0, 0.1) is 34.9 Å². The molecule has 0 aromatic heterocycles. The molecule has 0 amide bonds. The number of rotatable bonds is 7. The van der Waals surface area contributed by atoms with Crippen molar-refractivity contribution < 1.29 is 4.39 Å². The first-order valence-corrected chi connectivity index (χ1v) is 11.1. The van der Waals surface area contributed by atoms with Crippen molar-refractivity contribution in [3.63, 3.8) is 0 Å². The van der Waals surface area contributed by atoms with E-state index in [0.717, 1.165) is 11.8 Å². The van der Waals surface area contributed by atoms with Gasteiger partial charge in [0, 0.05) is 6.08 Å². The zero-order valence-corrected chi connectivity index (χ0v) is 16.6. The number of benzene rings is 1. The lowest BCUT2D eigenvalue weighted by Gasteiger charge is -2.29. The average molecular weight is 368 g/mol. The van der Waals surface area contributed by atoms with Crippen LogP contribution in [0.2, 0.25) is 0 Å². The van der Waals surface area contributed by atoms with E-state index in [4.69, 9.17) is 5.26 Å². The molecular formula is C25H34FN. The van der Waals surface area contributed by atoms with E-state index in [2.05, 4.69) is 12.1 Å². The molecule has 2 fully saturated rings. The van der Waals surface area contributed by atoms with Crippen molar-refractivity contribution in [1.29, 1.82) is 5.26 Å².